The van der Waals surface area contributed by atoms with Crippen LogP contribution >= 0.6 is 0 Å². The molecule has 1 aliphatic carbocycles. The number of aromatic nitrogens is 1. The molecule has 66 valence electrons. The summed E-state index contributed by atoms with van der Waals surface area (Å²) in [6.45, 7) is 1.97. The summed E-state index contributed by atoms with van der Waals surface area (Å²) in [5.74, 6) is 0. The Labute approximate surface area is 77.8 Å². The van der Waals surface area contributed by atoms with Gasteiger partial charge in [-0.2, -0.15) is 0 Å². The molecular formula is C11H12N2. The van der Waals surface area contributed by atoms with Gasteiger partial charge in [0.25, 0.3) is 0 Å². The zero-order valence-electron chi connectivity index (χ0n) is 7.57. The summed E-state index contributed by atoms with van der Waals surface area (Å²) in [5.41, 5.74) is 7.90. The molecule has 0 aromatic carbocycles. The van der Waals surface area contributed by atoms with Crippen molar-refractivity contribution in [2.24, 2.45) is 5.73 Å². The highest BCUT2D eigenvalue weighted by Crippen LogP contribution is 2.19. The quantitative estimate of drug-likeness (QED) is 0.648. The Morgan fingerprint density at radius 2 is 1.92 bits per heavy atom. The van der Waals surface area contributed by atoms with E-state index in [2.05, 4.69) is 4.98 Å². The van der Waals surface area contributed by atoms with Gasteiger partial charge in [0, 0.05) is 12.4 Å². The van der Waals surface area contributed by atoms with Gasteiger partial charge in [0.2, 0.25) is 0 Å². The van der Waals surface area contributed by atoms with Gasteiger partial charge in [-0.15, -0.1) is 0 Å². The van der Waals surface area contributed by atoms with Crippen molar-refractivity contribution in [3.8, 4) is 0 Å². The molecule has 1 aliphatic rings. The highest BCUT2D eigenvalue weighted by Gasteiger charge is 2.12. The first-order chi connectivity index (χ1) is 6.17. The van der Waals surface area contributed by atoms with Crippen LogP contribution in [0.2, 0.25) is 0 Å². The lowest BCUT2D eigenvalue weighted by atomic mass is 10.0. The minimum absolute atomic E-state index is 0.348. The fraction of sp³-hybridized carbons (Fsp3) is 0.182. The van der Waals surface area contributed by atoms with Crippen molar-refractivity contribution in [2.45, 2.75) is 12.5 Å². The van der Waals surface area contributed by atoms with Gasteiger partial charge >= 0.3 is 0 Å². The molecule has 0 amide bonds. The molecule has 1 aromatic rings. The Hall–Kier alpha value is -1.41. The van der Waals surface area contributed by atoms with Crippen molar-refractivity contribution in [1.29, 1.82) is 0 Å². The number of hydrogen-bond donors (Lipinski definition) is 1. The van der Waals surface area contributed by atoms with E-state index in [1.807, 2.05) is 43.5 Å². The van der Waals surface area contributed by atoms with Crippen molar-refractivity contribution in [3.05, 3.63) is 41.7 Å². The molecule has 0 spiro atoms. The molecule has 0 fully saturated rings. The molecule has 1 unspecified atom stereocenters. The van der Waals surface area contributed by atoms with E-state index in [0.29, 0.717) is 0 Å². The summed E-state index contributed by atoms with van der Waals surface area (Å²) in [5, 5.41) is 0. The maximum absolute atomic E-state index is 5.96. The first-order valence-corrected chi connectivity index (χ1v) is 4.29. The molecule has 1 aromatic heterocycles. The van der Waals surface area contributed by atoms with E-state index in [9.17, 15) is 0 Å². The van der Waals surface area contributed by atoms with E-state index in [0.717, 1.165) is 5.56 Å². The maximum atomic E-state index is 5.96. The monoisotopic (exact) mass is 172 g/mol. The normalized spacial score (nSPS) is 25.4. The number of hydrogen-bond acceptors (Lipinski definition) is 2. The number of nitrogens with zero attached hydrogens (tertiary/aromatic N) is 1. The van der Waals surface area contributed by atoms with Gasteiger partial charge in [-0.3, -0.25) is 4.98 Å². The van der Waals surface area contributed by atoms with Crippen molar-refractivity contribution < 1.29 is 0 Å². The van der Waals surface area contributed by atoms with Gasteiger partial charge in [0.05, 0.1) is 5.54 Å². The second-order valence-corrected chi connectivity index (χ2v) is 3.54. The number of fused-ring (bicyclic) bond motifs is 1. The SMILES string of the molecule is CC1(N)C=Cc2ccncc2C=C1. The number of pyridine rings is 1. The van der Waals surface area contributed by atoms with Crippen LogP contribution in [0.4, 0.5) is 0 Å². The molecule has 0 radical (unpaired) electrons. The van der Waals surface area contributed by atoms with Gasteiger partial charge in [-0.05, 0) is 24.1 Å². The lowest BCUT2D eigenvalue weighted by molar-refractivity contribution is 0.743. The standard InChI is InChI=1S/C11H12N2/c1-11(12)5-2-9-4-7-13-8-10(9)3-6-11/h2-8H,12H2,1H3. The lowest BCUT2D eigenvalue weighted by Gasteiger charge is -2.12. The second-order valence-electron chi connectivity index (χ2n) is 3.54. The number of nitrogens with two attached hydrogens (primary N) is 1. The van der Waals surface area contributed by atoms with Crippen molar-refractivity contribution >= 4 is 12.2 Å². The summed E-state index contributed by atoms with van der Waals surface area (Å²) in [4.78, 5) is 4.06. The molecule has 2 nitrogen and oxygen atoms in total. The molecule has 0 saturated heterocycles. The summed E-state index contributed by atoms with van der Waals surface area (Å²) in [6, 6.07) is 1.98. The molecule has 2 rings (SSSR count). The summed E-state index contributed by atoms with van der Waals surface area (Å²) >= 11 is 0. The van der Waals surface area contributed by atoms with Crippen molar-refractivity contribution in [2.75, 3.05) is 0 Å². The van der Waals surface area contributed by atoms with Crippen LogP contribution < -0.4 is 5.73 Å². The number of rotatable bonds is 0. The molecule has 0 bridgehead atoms. The van der Waals surface area contributed by atoms with Gasteiger partial charge in [-0.1, -0.05) is 24.3 Å². The van der Waals surface area contributed by atoms with E-state index in [1.54, 1.807) is 6.20 Å². The molecule has 2 N–H and O–H groups in total. The third kappa shape index (κ3) is 1.68. The van der Waals surface area contributed by atoms with Crippen LogP contribution in [0.5, 0.6) is 0 Å². The average molecular weight is 172 g/mol. The summed E-state index contributed by atoms with van der Waals surface area (Å²) in [7, 11) is 0. The van der Waals surface area contributed by atoms with Crippen LogP contribution in [0.15, 0.2) is 30.6 Å². The fourth-order valence-electron chi connectivity index (χ4n) is 1.30. The zero-order chi connectivity index (χ0) is 9.31. The van der Waals surface area contributed by atoms with Crippen molar-refractivity contribution in [3.63, 3.8) is 0 Å². The third-order valence-electron chi connectivity index (χ3n) is 2.13. The minimum atomic E-state index is -0.348. The largest absolute Gasteiger partial charge is 0.319 e. The Morgan fingerprint density at radius 3 is 2.69 bits per heavy atom. The van der Waals surface area contributed by atoms with Gasteiger partial charge in [-0.25, -0.2) is 0 Å². The van der Waals surface area contributed by atoms with Crippen LogP contribution in [0.3, 0.4) is 0 Å². The molecular weight excluding hydrogens is 160 g/mol. The van der Waals surface area contributed by atoms with Gasteiger partial charge in [0.1, 0.15) is 0 Å². The van der Waals surface area contributed by atoms with Crippen LogP contribution in [0.1, 0.15) is 18.1 Å². The van der Waals surface area contributed by atoms with Crippen LogP contribution in [0, 0.1) is 0 Å². The average Bonchev–Trinajstić information content (AvgIpc) is 2.27. The fourth-order valence-corrected chi connectivity index (χ4v) is 1.30. The summed E-state index contributed by atoms with van der Waals surface area (Å²) in [6.07, 6.45) is 11.7. The van der Waals surface area contributed by atoms with E-state index in [-0.39, 0.29) is 5.54 Å². The Balaban J connectivity index is 2.53. The van der Waals surface area contributed by atoms with Crippen molar-refractivity contribution in [1.82, 2.24) is 4.98 Å². The van der Waals surface area contributed by atoms with Crippen LogP contribution in [-0.4, -0.2) is 10.5 Å². The Kier molecular flexibility index (Phi) is 1.78. The Bertz CT molecular complexity index is 340. The molecule has 1 heterocycles. The van der Waals surface area contributed by atoms with Crippen LogP contribution in [0.25, 0.3) is 12.2 Å². The van der Waals surface area contributed by atoms with E-state index in [1.165, 1.54) is 5.56 Å². The highest BCUT2D eigenvalue weighted by molar-refractivity contribution is 5.68. The zero-order valence-corrected chi connectivity index (χ0v) is 7.57. The molecule has 2 heteroatoms. The smallest absolute Gasteiger partial charge is 0.0502 e. The minimum Gasteiger partial charge on any atom is -0.319 e. The van der Waals surface area contributed by atoms with E-state index < -0.39 is 0 Å². The van der Waals surface area contributed by atoms with E-state index >= 15 is 0 Å². The first-order valence-electron chi connectivity index (χ1n) is 4.29. The van der Waals surface area contributed by atoms with Gasteiger partial charge < -0.3 is 5.73 Å². The molecule has 0 aliphatic heterocycles. The third-order valence-corrected chi connectivity index (χ3v) is 2.13. The highest BCUT2D eigenvalue weighted by atomic mass is 14.7. The van der Waals surface area contributed by atoms with Crippen LogP contribution in [-0.2, 0) is 0 Å². The topological polar surface area (TPSA) is 38.9 Å². The maximum Gasteiger partial charge on any atom is 0.0502 e. The predicted molar refractivity (Wildman–Crippen MR) is 54.9 cm³/mol. The van der Waals surface area contributed by atoms with Gasteiger partial charge in [0.15, 0.2) is 0 Å². The molecule has 0 saturated carbocycles. The molecule has 1 atom stereocenters. The Morgan fingerprint density at radius 1 is 1.23 bits per heavy atom. The second kappa shape index (κ2) is 2.82. The van der Waals surface area contributed by atoms with E-state index in [4.69, 9.17) is 5.73 Å². The lowest BCUT2D eigenvalue weighted by Crippen LogP contribution is -2.29. The predicted octanol–water partition coefficient (Wildman–Crippen LogP) is 1.84. The summed E-state index contributed by atoms with van der Waals surface area (Å²) < 4.78 is 0. The molecule has 13 heavy (non-hydrogen) atoms. The first kappa shape index (κ1) is 8.20.